The van der Waals surface area contributed by atoms with Gasteiger partial charge in [0.05, 0.1) is 41.5 Å². The molecular formula is C22H22ClFN8O3. The number of aliphatic imine (C=N–C) groups is 1. The molecule has 2 N–H and O–H groups in total. The zero-order valence-electron chi connectivity index (χ0n) is 19.1. The van der Waals surface area contributed by atoms with E-state index >= 15 is 0 Å². The lowest BCUT2D eigenvalue weighted by Crippen LogP contribution is -2.25. The number of anilines is 2. The van der Waals surface area contributed by atoms with E-state index < -0.39 is 23.4 Å². The highest BCUT2D eigenvalue weighted by Gasteiger charge is 2.48. The van der Waals surface area contributed by atoms with E-state index in [1.165, 1.54) is 23.3 Å². The maximum atomic E-state index is 13.5. The van der Waals surface area contributed by atoms with Gasteiger partial charge in [-0.15, -0.1) is 0 Å². The summed E-state index contributed by atoms with van der Waals surface area (Å²) < 4.78 is 20.3. The van der Waals surface area contributed by atoms with Gasteiger partial charge in [-0.05, 0) is 25.8 Å². The monoisotopic (exact) mass is 500 g/mol. The molecule has 2 amide bonds. The summed E-state index contributed by atoms with van der Waals surface area (Å²) in [5.41, 5.74) is 0.530. The second-order valence-corrected chi connectivity index (χ2v) is 8.39. The molecule has 13 heteroatoms. The molecular weight excluding hydrogens is 479 g/mol. The fourth-order valence-corrected chi connectivity index (χ4v) is 3.66. The Balaban J connectivity index is 1.45. The summed E-state index contributed by atoms with van der Waals surface area (Å²) in [6.07, 6.45) is 6.85. The van der Waals surface area contributed by atoms with Crippen LogP contribution in [0.5, 0.6) is 0 Å². The fourth-order valence-electron chi connectivity index (χ4n) is 3.41. The van der Waals surface area contributed by atoms with Crippen molar-refractivity contribution in [2.75, 3.05) is 17.7 Å². The molecule has 3 aromatic rings. The largest absolute Gasteiger partial charge is 0.441 e. The smallest absolute Gasteiger partial charge is 0.413 e. The number of carbonyl (C=O) groups is 2. The molecule has 1 aliphatic rings. The number of hydrogen-bond acceptors (Lipinski definition) is 8. The number of amides is 2. The van der Waals surface area contributed by atoms with E-state index in [0.717, 1.165) is 25.1 Å². The van der Waals surface area contributed by atoms with Crippen LogP contribution in [-0.4, -0.2) is 50.0 Å². The van der Waals surface area contributed by atoms with Crippen LogP contribution in [0.4, 0.5) is 20.7 Å². The maximum absolute atomic E-state index is 13.5. The predicted molar refractivity (Wildman–Crippen MR) is 127 cm³/mol. The lowest BCUT2D eigenvalue weighted by atomic mass is 10.1. The van der Waals surface area contributed by atoms with E-state index in [1.807, 2.05) is 0 Å². The molecule has 0 saturated heterocycles. The quantitative estimate of drug-likeness (QED) is 0.372. The highest BCUT2D eigenvalue weighted by Crippen LogP contribution is 2.44. The van der Waals surface area contributed by atoms with Gasteiger partial charge in [0.1, 0.15) is 22.9 Å². The number of aryl methyl sites for hydroxylation is 1. The first-order valence-electron chi connectivity index (χ1n) is 10.6. The van der Waals surface area contributed by atoms with Crippen molar-refractivity contribution in [3.63, 3.8) is 0 Å². The Morgan fingerprint density at radius 3 is 2.60 bits per heavy atom. The molecule has 1 aliphatic carbocycles. The minimum Gasteiger partial charge on any atom is -0.441 e. The van der Waals surface area contributed by atoms with Gasteiger partial charge >= 0.3 is 6.09 Å². The fraction of sp³-hybridized carbons (Fsp3) is 0.318. The Hall–Kier alpha value is -3.93. The van der Waals surface area contributed by atoms with E-state index in [4.69, 9.17) is 16.3 Å². The van der Waals surface area contributed by atoms with Gasteiger partial charge in [0.25, 0.3) is 0 Å². The van der Waals surface area contributed by atoms with E-state index in [0.29, 0.717) is 11.3 Å². The Morgan fingerprint density at radius 1 is 1.23 bits per heavy atom. The minimum atomic E-state index is -0.867. The highest BCUT2D eigenvalue weighted by atomic mass is 35.5. The summed E-state index contributed by atoms with van der Waals surface area (Å²) in [6.45, 7) is 1.54. The van der Waals surface area contributed by atoms with Crippen LogP contribution in [0.2, 0.25) is 5.15 Å². The lowest BCUT2D eigenvalue weighted by molar-refractivity contribution is -0.118. The maximum Gasteiger partial charge on any atom is 0.413 e. The van der Waals surface area contributed by atoms with Crippen LogP contribution in [-0.2, 0) is 16.6 Å². The number of rotatable bonds is 7. The van der Waals surface area contributed by atoms with Gasteiger partial charge in [0.2, 0.25) is 5.91 Å². The van der Waals surface area contributed by atoms with Gasteiger partial charge < -0.3 is 10.1 Å². The number of ether oxygens (including phenoxy) is 1. The summed E-state index contributed by atoms with van der Waals surface area (Å²) in [5.74, 6) is -0.211. The van der Waals surface area contributed by atoms with Crippen molar-refractivity contribution >= 4 is 41.3 Å². The summed E-state index contributed by atoms with van der Waals surface area (Å²) in [5, 5.41) is 9.57. The van der Waals surface area contributed by atoms with Crippen molar-refractivity contribution in [3.8, 4) is 11.4 Å². The third-order valence-electron chi connectivity index (χ3n) is 5.48. The molecule has 0 aliphatic heterocycles. The lowest BCUT2D eigenvalue weighted by Gasteiger charge is -2.15. The van der Waals surface area contributed by atoms with E-state index in [9.17, 15) is 14.0 Å². The first-order valence-corrected chi connectivity index (χ1v) is 11.0. The SMILES string of the molecule is C/N=C\C1(C(=O)Nc2cnc(-c3cnn(C)c3NC(=O)O[C@H](C)c3cc(F)cnc3Cl)nc2)CC1. The van der Waals surface area contributed by atoms with Gasteiger partial charge in [0, 0.05) is 25.9 Å². The number of hydrogen-bond donors (Lipinski definition) is 2. The number of carbonyl (C=O) groups excluding carboxylic acids is 2. The van der Waals surface area contributed by atoms with Gasteiger partial charge in [-0.2, -0.15) is 5.10 Å². The van der Waals surface area contributed by atoms with Crippen LogP contribution in [0.25, 0.3) is 11.4 Å². The number of nitrogens with zero attached hydrogens (tertiary/aromatic N) is 6. The number of aromatic nitrogens is 5. The van der Waals surface area contributed by atoms with Crippen molar-refractivity contribution in [1.29, 1.82) is 0 Å². The normalized spacial score (nSPS) is 15.0. The third-order valence-corrected chi connectivity index (χ3v) is 5.80. The molecule has 3 heterocycles. The second kappa shape index (κ2) is 9.74. The molecule has 0 unspecified atom stereocenters. The zero-order valence-corrected chi connectivity index (χ0v) is 19.9. The Labute approximate surface area is 204 Å². The molecule has 0 aromatic carbocycles. The van der Waals surface area contributed by atoms with Crippen LogP contribution in [0.3, 0.4) is 0 Å². The summed E-state index contributed by atoms with van der Waals surface area (Å²) in [7, 11) is 3.25. The van der Waals surface area contributed by atoms with Gasteiger partial charge in [-0.1, -0.05) is 11.6 Å². The first-order chi connectivity index (χ1) is 16.7. The van der Waals surface area contributed by atoms with Gasteiger partial charge in [0.15, 0.2) is 5.82 Å². The minimum absolute atomic E-state index is 0.0306. The molecule has 0 radical (unpaired) electrons. The average Bonchev–Trinajstić information content (AvgIpc) is 3.53. The topological polar surface area (TPSA) is 136 Å². The number of nitrogens with one attached hydrogen (secondary N) is 2. The Morgan fingerprint density at radius 2 is 1.94 bits per heavy atom. The van der Waals surface area contributed by atoms with E-state index in [2.05, 4.69) is 35.7 Å². The Kier molecular flexibility index (Phi) is 6.74. The number of pyridine rings is 1. The van der Waals surface area contributed by atoms with Crippen molar-refractivity contribution in [1.82, 2.24) is 24.7 Å². The standard InChI is InChI=1S/C22H22ClFN8O3/c1-12(15-6-13(24)7-26-17(15)23)35-21(34)31-19-16(10-29-32(19)3)18-27-8-14(9-28-18)30-20(33)22(4-5-22)11-25-2/h6-12H,4-5H2,1-3H3,(H,30,33)(H,31,34)/b25-11-/t12-/m1/s1. The van der Waals surface area contributed by atoms with Crippen LogP contribution >= 0.6 is 11.6 Å². The van der Waals surface area contributed by atoms with Gasteiger partial charge in [-0.3, -0.25) is 19.8 Å². The first kappa shape index (κ1) is 24.2. The molecule has 11 nitrogen and oxygen atoms in total. The highest BCUT2D eigenvalue weighted by molar-refractivity contribution is 6.30. The van der Waals surface area contributed by atoms with Crippen LogP contribution < -0.4 is 10.6 Å². The molecule has 4 rings (SSSR count). The molecule has 1 saturated carbocycles. The van der Waals surface area contributed by atoms with Crippen molar-refractivity contribution in [2.45, 2.75) is 25.9 Å². The molecule has 0 bridgehead atoms. The van der Waals surface area contributed by atoms with Crippen LogP contribution in [0, 0.1) is 11.2 Å². The second-order valence-electron chi connectivity index (χ2n) is 8.03. The predicted octanol–water partition coefficient (Wildman–Crippen LogP) is 3.79. The molecule has 1 atom stereocenters. The molecule has 0 spiro atoms. The van der Waals surface area contributed by atoms with Crippen molar-refractivity contribution in [2.24, 2.45) is 17.5 Å². The zero-order chi connectivity index (χ0) is 25.2. The summed E-state index contributed by atoms with van der Waals surface area (Å²) in [4.78, 5) is 41.3. The van der Waals surface area contributed by atoms with E-state index in [-0.39, 0.29) is 28.3 Å². The number of halogens is 2. The molecule has 35 heavy (non-hydrogen) atoms. The average molecular weight is 501 g/mol. The molecule has 3 aromatic heterocycles. The summed E-state index contributed by atoms with van der Waals surface area (Å²) >= 11 is 5.98. The van der Waals surface area contributed by atoms with Crippen molar-refractivity contribution < 1.29 is 18.7 Å². The molecule has 182 valence electrons. The van der Waals surface area contributed by atoms with Crippen molar-refractivity contribution in [3.05, 3.63) is 47.4 Å². The summed E-state index contributed by atoms with van der Waals surface area (Å²) in [6, 6.07) is 1.15. The van der Waals surface area contributed by atoms with Crippen LogP contribution in [0.15, 0.2) is 35.8 Å². The third kappa shape index (κ3) is 5.27. The van der Waals surface area contributed by atoms with E-state index in [1.54, 1.807) is 27.2 Å². The van der Waals surface area contributed by atoms with Gasteiger partial charge in [-0.25, -0.2) is 24.1 Å². The molecule has 1 fully saturated rings. The Bertz CT molecular complexity index is 1290. The van der Waals surface area contributed by atoms with Crippen LogP contribution in [0.1, 0.15) is 31.4 Å².